The Hall–Kier alpha value is -0.420. The number of amides is 1. The second-order valence-corrected chi connectivity index (χ2v) is 4.76. The Morgan fingerprint density at radius 3 is 3.09 bits per heavy atom. The number of carbonyl (C=O) groups excluding carboxylic acids is 1. The predicted octanol–water partition coefficient (Wildman–Crippen LogP) is 1.49. The van der Waals surface area contributed by atoms with Crippen LogP contribution >= 0.6 is 27.3 Å². The lowest BCUT2D eigenvalue weighted by Crippen LogP contribution is -2.18. The highest BCUT2D eigenvalue weighted by atomic mass is 79.9. The van der Waals surface area contributed by atoms with Crippen LogP contribution in [0.4, 0.5) is 0 Å². The predicted molar refractivity (Wildman–Crippen MR) is 45.6 cm³/mol. The Morgan fingerprint density at radius 1 is 1.73 bits per heavy atom. The molecular formula is C6H5BrN2OS. The Balaban J connectivity index is 2.52. The molecule has 0 N–H and O–H groups in total. The van der Waals surface area contributed by atoms with Crippen molar-refractivity contribution >= 4 is 33.2 Å². The van der Waals surface area contributed by atoms with Gasteiger partial charge in [-0.15, -0.1) is 11.3 Å². The first-order chi connectivity index (χ1) is 5.18. The Bertz CT molecular complexity index is 322. The summed E-state index contributed by atoms with van der Waals surface area (Å²) in [4.78, 5) is 18.1. The zero-order chi connectivity index (χ0) is 8.01. The average Bonchev–Trinajstić information content (AvgIpc) is 2.37. The van der Waals surface area contributed by atoms with Crippen molar-refractivity contribution in [3.05, 3.63) is 14.5 Å². The number of hydrogen-bond donors (Lipinski definition) is 0. The number of nitrogens with zero attached hydrogens (tertiary/aromatic N) is 2. The standard InChI is InChI=1S/C6H5BrN2OS/c1-9-2-3-4(5(9)10)8-6(7)11-3/h2H2,1H3. The van der Waals surface area contributed by atoms with Crippen molar-refractivity contribution in [3.63, 3.8) is 0 Å². The summed E-state index contributed by atoms with van der Waals surface area (Å²) < 4.78 is 0.795. The number of fused-ring (bicyclic) bond motifs is 1. The molecular weight excluding hydrogens is 228 g/mol. The molecule has 1 aliphatic heterocycles. The minimum absolute atomic E-state index is 0.0296. The Kier molecular flexibility index (Phi) is 1.50. The molecule has 11 heavy (non-hydrogen) atoms. The summed E-state index contributed by atoms with van der Waals surface area (Å²) in [6.45, 7) is 0.706. The van der Waals surface area contributed by atoms with E-state index in [0.717, 1.165) is 8.79 Å². The third-order valence-corrected chi connectivity index (χ3v) is 3.09. The highest BCUT2D eigenvalue weighted by Gasteiger charge is 2.28. The van der Waals surface area contributed by atoms with E-state index in [1.54, 1.807) is 11.9 Å². The average molecular weight is 233 g/mol. The lowest BCUT2D eigenvalue weighted by atomic mass is 10.4. The topological polar surface area (TPSA) is 33.2 Å². The number of carbonyl (C=O) groups is 1. The van der Waals surface area contributed by atoms with Gasteiger partial charge < -0.3 is 4.90 Å². The van der Waals surface area contributed by atoms with E-state index in [4.69, 9.17) is 0 Å². The molecule has 0 aliphatic carbocycles. The van der Waals surface area contributed by atoms with Gasteiger partial charge in [-0.1, -0.05) is 0 Å². The van der Waals surface area contributed by atoms with E-state index in [-0.39, 0.29) is 5.91 Å². The van der Waals surface area contributed by atoms with Crippen LogP contribution in [0.15, 0.2) is 3.92 Å². The zero-order valence-electron chi connectivity index (χ0n) is 5.80. The first-order valence-corrected chi connectivity index (χ1v) is 4.70. The maximum Gasteiger partial charge on any atom is 0.273 e. The first kappa shape index (κ1) is 7.24. The van der Waals surface area contributed by atoms with Gasteiger partial charge in [-0.2, -0.15) is 0 Å². The Morgan fingerprint density at radius 2 is 2.45 bits per heavy atom. The molecule has 5 heteroatoms. The summed E-state index contributed by atoms with van der Waals surface area (Å²) >= 11 is 4.77. The fourth-order valence-corrected chi connectivity index (χ4v) is 2.66. The van der Waals surface area contributed by atoms with Crippen LogP contribution in [0.3, 0.4) is 0 Å². The fourth-order valence-electron chi connectivity index (χ4n) is 1.07. The molecule has 1 aromatic rings. The molecule has 1 amide bonds. The molecule has 0 aromatic carbocycles. The maximum absolute atomic E-state index is 11.3. The second kappa shape index (κ2) is 2.28. The van der Waals surface area contributed by atoms with Gasteiger partial charge in [0, 0.05) is 7.05 Å². The molecule has 0 radical (unpaired) electrons. The van der Waals surface area contributed by atoms with Gasteiger partial charge in [0.15, 0.2) is 3.92 Å². The molecule has 0 saturated heterocycles. The smallest absolute Gasteiger partial charge is 0.273 e. The summed E-state index contributed by atoms with van der Waals surface area (Å²) in [7, 11) is 1.78. The minimum Gasteiger partial charge on any atom is -0.335 e. The van der Waals surface area contributed by atoms with Crippen molar-refractivity contribution in [1.29, 1.82) is 0 Å². The normalized spacial score (nSPS) is 15.8. The van der Waals surface area contributed by atoms with Gasteiger partial charge in [0.1, 0.15) is 5.69 Å². The van der Waals surface area contributed by atoms with Gasteiger partial charge in [-0.05, 0) is 15.9 Å². The maximum atomic E-state index is 11.3. The van der Waals surface area contributed by atoms with Crippen molar-refractivity contribution < 1.29 is 4.79 Å². The third kappa shape index (κ3) is 0.990. The lowest BCUT2D eigenvalue weighted by Gasteiger charge is -2.04. The molecule has 0 spiro atoms. The van der Waals surface area contributed by atoms with E-state index in [9.17, 15) is 4.79 Å². The van der Waals surface area contributed by atoms with E-state index < -0.39 is 0 Å². The molecule has 0 bridgehead atoms. The summed E-state index contributed by atoms with van der Waals surface area (Å²) in [5, 5.41) is 0. The van der Waals surface area contributed by atoms with E-state index in [1.165, 1.54) is 11.3 Å². The van der Waals surface area contributed by atoms with Gasteiger partial charge >= 0.3 is 0 Å². The number of halogens is 1. The van der Waals surface area contributed by atoms with Gasteiger partial charge in [0.05, 0.1) is 11.4 Å². The molecule has 1 aromatic heterocycles. The number of hydrogen-bond acceptors (Lipinski definition) is 3. The minimum atomic E-state index is 0.0296. The van der Waals surface area contributed by atoms with Crippen molar-refractivity contribution in [2.75, 3.05) is 7.05 Å². The Labute approximate surface area is 76.2 Å². The third-order valence-electron chi connectivity index (χ3n) is 1.60. The van der Waals surface area contributed by atoms with Crippen LogP contribution < -0.4 is 0 Å². The fraction of sp³-hybridized carbons (Fsp3) is 0.333. The molecule has 0 atom stereocenters. The number of thiazole rings is 1. The van der Waals surface area contributed by atoms with Crippen LogP contribution in [-0.2, 0) is 6.54 Å². The van der Waals surface area contributed by atoms with Crippen LogP contribution in [0.25, 0.3) is 0 Å². The highest BCUT2D eigenvalue weighted by Crippen LogP contribution is 2.29. The van der Waals surface area contributed by atoms with Gasteiger partial charge in [-0.25, -0.2) is 4.98 Å². The van der Waals surface area contributed by atoms with E-state index in [0.29, 0.717) is 12.2 Å². The second-order valence-electron chi connectivity index (χ2n) is 2.40. The lowest BCUT2D eigenvalue weighted by molar-refractivity contribution is 0.0812. The molecule has 2 rings (SSSR count). The molecule has 0 fully saturated rings. The molecule has 1 aliphatic rings. The highest BCUT2D eigenvalue weighted by molar-refractivity contribution is 9.11. The summed E-state index contributed by atoms with van der Waals surface area (Å²) in [5.41, 5.74) is 0.615. The van der Waals surface area contributed by atoms with Crippen LogP contribution in [0.1, 0.15) is 15.4 Å². The van der Waals surface area contributed by atoms with Crippen molar-refractivity contribution in [2.24, 2.45) is 0 Å². The molecule has 58 valence electrons. The quantitative estimate of drug-likeness (QED) is 0.680. The summed E-state index contributed by atoms with van der Waals surface area (Å²) in [5.74, 6) is 0.0296. The van der Waals surface area contributed by atoms with Gasteiger partial charge in [0.25, 0.3) is 5.91 Å². The molecule has 2 heterocycles. The molecule has 3 nitrogen and oxygen atoms in total. The molecule has 0 unspecified atom stereocenters. The van der Waals surface area contributed by atoms with Crippen LogP contribution in [0.5, 0.6) is 0 Å². The van der Waals surface area contributed by atoms with E-state index in [1.807, 2.05) is 0 Å². The summed E-state index contributed by atoms with van der Waals surface area (Å²) in [6.07, 6.45) is 0. The van der Waals surface area contributed by atoms with Gasteiger partial charge in [0.2, 0.25) is 0 Å². The SMILES string of the molecule is CN1Cc2sc(Br)nc2C1=O. The van der Waals surface area contributed by atoms with Crippen molar-refractivity contribution in [3.8, 4) is 0 Å². The molecule has 0 saturated carbocycles. The number of rotatable bonds is 0. The van der Waals surface area contributed by atoms with Crippen LogP contribution in [-0.4, -0.2) is 22.8 Å². The largest absolute Gasteiger partial charge is 0.335 e. The number of aromatic nitrogens is 1. The van der Waals surface area contributed by atoms with Crippen molar-refractivity contribution in [1.82, 2.24) is 9.88 Å². The van der Waals surface area contributed by atoms with Crippen LogP contribution in [0, 0.1) is 0 Å². The monoisotopic (exact) mass is 232 g/mol. The zero-order valence-corrected chi connectivity index (χ0v) is 8.20. The van der Waals surface area contributed by atoms with E-state index >= 15 is 0 Å². The van der Waals surface area contributed by atoms with Gasteiger partial charge in [-0.3, -0.25) is 4.79 Å². The van der Waals surface area contributed by atoms with Crippen LogP contribution in [0.2, 0.25) is 0 Å². The van der Waals surface area contributed by atoms with E-state index in [2.05, 4.69) is 20.9 Å². The van der Waals surface area contributed by atoms with Crippen molar-refractivity contribution in [2.45, 2.75) is 6.54 Å². The first-order valence-electron chi connectivity index (χ1n) is 3.09. The summed E-state index contributed by atoms with van der Waals surface area (Å²) in [6, 6.07) is 0.